The fourth-order valence-corrected chi connectivity index (χ4v) is 2.73. The summed E-state index contributed by atoms with van der Waals surface area (Å²) in [6, 6.07) is 1.46. The molecule has 3 heterocycles. The predicted octanol–water partition coefficient (Wildman–Crippen LogP) is 1.24. The average Bonchev–Trinajstić information content (AvgIpc) is 3.34. The lowest BCUT2D eigenvalue weighted by molar-refractivity contribution is -0.0549. The van der Waals surface area contributed by atoms with Crippen LogP contribution in [0, 0.1) is 0 Å². The lowest BCUT2D eigenvalue weighted by atomic mass is 9.97. The number of hydrogen-bond donors (Lipinski definition) is 1. The highest BCUT2D eigenvalue weighted by molar-refractivity contribution is 6.32. The molecule has 0 saturated heterocycles. The molecule has 7 nitrogen and oxygen atoms in total. The molecule has 0 bridgehead atoms. The Morgan fingerprint density at radius 1 is 1.48 bits per heavy atom. The van der Waals surface area contributed by atoms with E-state index in [0.717, 1.165) is 12.8 Å². The van der Waals surface area contributed by atoms with Gasteiger partial charge in [0.1, 0.15) is 19.1 Å². The molecular formula is C15H14BF2N5O2. The summed E-state index contributed by atoms with van der Waals surface area (Å²) >= 11 is 0. The minimum absolute atomic E-state index is 0. The zero-order valence-corrected chi connectivity index (χ0v) is 13.2. The Balaban J connectivity index is 0.00000196. The molecule has 0 atom stereocenters. The van der Waals surface area contributed by atoms with E-state index in [1.54, 1.807) is 0 Å². The van der Waals surface area contributed by atoms with Gasteiger partial charge in [-0.3, -0.25) is 4.79 Å². The first-order valence-electron chi connectivity index (χ1n) is 7.61. The van der Waals surface area contributed by atoms with E-state index in [-0.39, 0.29) is 30.2 Å². The molecule has 0 unspecified atom stereocenters. The second-order valence-electron chi connectivity index (χ2n) is 5.89. The molecule has 3 aromatic rings. The molecule has 1 saturated carbocycles. The van der Waals surface area contributed by atoms with Gasteiger partial charge in [0.2, 0.25) is 11.4 Å². The zero-order valence-electron chi connectivity index (χ0n) is 13.2. The van der Waals surface area contributed by atoms with Gasteiger partial charge in [0.05, 0.1) is 5.69 Å². The number of halogens is 2. The second-order valence-corrected chi connectivity index (χ2v) is 5.89. The number of nitrogens with one attached hydrogen (secondary N) is 1. The summed E-state index contributed by atoms with van der Waals surface area (Å²) in [6.07, 6.45) is 3.30. The fourth-order valence-electron chi connectivity index (χ4n) is 2.73. The van der Waals surface area contributed by atoms with E-state index >= 15 is 0 Å². The van der Waals surface area contributed by atoms with Crippen LogP contribution in [0.3, 0.4) is 0 Å². The van der Waals surface area contributed by atoms with Gasteiger partial charge in [0.15, 0.2) is 5.82 Å². The first kappa shape index (κ1) is 15.7. The van der Waals surface area contributed by atoms with Crippen molar-refractivity contribution in [3.8, 4) is 17.3 Å². The van der Waals surface area contributed by atoms with Crippen molar-refractivity contribution in [1.82, 2.24) is 24.7 Å². The Morgan fingerprint density at radius 3 is 2.92 bits per heavy atom. The number of rotatable bonds is 4. The first-order chi connectivity index (χ1) is 11.9. The van der Waals surface area contributed by atoms with Crippen molar-refractivity contribution in [2.45, 2.75) is 25.4 Å². The number of H-pyrrole nitrogens is 1. The minimum atomic E-state index is -3.00. The number of fused-ring (bicyclic) bond motifs is 1. The largest absolute Gasteiger partial charge is 0.416 e. The first-order valence-corrected chi connectivity index (χ1v) is 7.61. The van der Waals surface area contributed by atoms with E-state index in [1.165, 1.54) is 24.0 Å². The van der Waals surface area contributed by atoms with Crippen LogP contribution in [0.2, 0.25) is 0 Å². The number of hydrogen-bond acceptors (Lipinski definition) is 5. The van der Waals surface area contributed by atoms with Crippen molar-refractivity contribution in [1.29, 1.82) is 0 Å². The summed E-state index contributed by atoms with van der Waals surface area (Å²) in [7, 11) is 7.10. The van der Waals surface area contributed by atoms with Gasteiger partial charge in [-0.05, 0) is 18.3 Å². The molecule has 128 valence electrons. The third kappa shape index (κ3) is 2.77. The third-order valence-electron chi connectivity index (χ3n) is 4.03. The molecule has 0 amide bonds. The third-order valence-corrected chi connectivity index (χ3v) is 4.03. The summed E-state index contributed by atoms with van der Waals surface area (Å²) in [5.41, 5.74) is 0.776. The number of aromatic amines is 1. The highest BCUT2D eigenvalue weighted by Gasteiger charge is 2.34. The van der Waals surface area contributed by atoms with Crippen LogP contribution in [0.4, 0.5) is 8.78 Å². The Morgan fingerprint density at radius 2 is 2.24 bits per heavy atom. The van der Waals surface area contributed by atoms with Gasteiger partial charge in [-0.1, -0.05) is 6.07 Å². The van der Waals surface area contributed by atoms with E-state index < -0.39 is 12.2 Å². The van der Waals surface area contributed by atoms with Crippen LogP contribution in [0.25, 0.3) is 22.4 Å². The number of ether oxygens (including phenoxy) is 1. The maximum absolute atomic E-state index is 12.8. The van der Waals surface area contributed by atoms with E-state index in [0.29, 0.717) is 16.6 Å². The molecule has 3 aromatic heterocycles. The maximum Gasteiger partial charge on any atom is 0.388 e. The maximum atomic E-state index is 12.8. The summed E-state index contributed by atoms with van der Waals surface area (Å²) in [5.74, 6) is 0.230. The van der Waals surface area contributed by atoms with Gasteiger partial charge < -0.3 is 9.72 Å². The molecule has 1 fully saturated rings. The number of alkyl halides is 2. The van der Waals surface area contributed by atoms with E-state index in [2.05, 4.69) is 24.8 Å². The summed E-state index contributed by atoms with van der Waals surface area (Å²) in [5, 5.41) is 4.84. The fraction of sp³-hybridized carbons (Fsp3) is 0.333. The standard InChI is InChI=1S/C15H12BF2N5O2.H2/c1-23-14(25-15(17)18)9(10(22-23)6-2-3-6)12-19-5-7-4-8(16)13(24)21-11(7)20-12;/h4-6,15H,2-3H2,1H3,(H,19,20,21,24);1H. The lowest BCUT2D eigenvalue weighted by Gasteiger charge is -2.08. The topological polar surface area (TPSA) is 85.7 Å². The van der Waals surface area contributed by atoms with Gasteiger partial charge in [-0.25, -0.2) is 14.6 Å². The number of pyridine rings is 1. The van der Waals surface area contributed by atoms with Crippen LogP contribution in [0.15, 0.2) is 17.1 Å². The molecule has 10 heteroatoms. The van der Waals surface area contributed by atoms with Crippen LogP contribution in [0.5, 0.6) is 5.88 Å². The average molecular weight is 345 g/mol. The molecule has 2 radical (unpaired) electrons. The van der Waals surface area contributed by atoms with E-state index in [9.17, 15) is 13.6 Å². The van der Waals surface area contributed by atoms with Crippen molar-refractivity contribution >= 4 is 24.3 Å². The van der Waals surface area contributed by atoms with Gasteiger partial charge in [0, 0.05) is 26.0 Å². The number of nitrogens with zero attached hydrogens (tertiary/aromatic N) is 4. The van der Waals surface area contributed by atoms with Crippen LogP contribution in [-0.4, -0.2) is 39.2 Å². The highest BCUT2D eigenvalue weighted by Crippen LogP contribution is 2.46. The molecule has 1 N–H and O–H groups in total. The van der Waals surface area contributed by atoms with Crippen LogP contribution in [-0.2, 0) is 7.05 Å². The van der Waals surface area contributed by atoms with Gasteiger partial charge in [-0.2, -0.15) is 13.9 Å². The van der Waals surface area contributed by atoms with Gasteiger partial charge in [0.25, 0.3) is 0 Å². The van der Waals surface area contributed by atoms with Crippen LogP contribution < -0.4 is 15.8 Å². The quantitative estimate of drug-likeness (QED) is 0.719. The number of aryl methyl sites for hydroxylation is 1. The van der Waals surface area contributed by atoms with Gasteiger partial charge >= 0.3 is 6.61 Å². The molecular weight excluding hydrogens is 331 g/mol. The lowest BCUT2D eigenvalue weighted by Crippen LogP contribution is -2.27. The Hall–Kier alpha value is -2.78. The normalized spacial score (nSPS) is 14.4. The zero-order chi connectivity index (χ0) is 17.7. The second kappa shape index (κ2) is 5.64. The minimum Gasteiger partial charge on any atom is -0.416 e. The molecule has 1 aliphatic carbocycles. The SMILES string of the molecule is [B]c1cc2cnc(-c3c(C4CC4)nn(C)c3OC(F)F)nc2[nH]c1=O.[HH]. The highest BCUT2D eigenvalue weighted by atomic mass is 19.3. The van der Waals surface area contributed by atoms with Gasteiger partial charge in [-0.15, -0.1) is 0 Å². The Kier molecular flexibility index (Phi) is 3.55. The van der Waals surface area contributed by atoms with Crippen LogP contribution >= 0.6 is 0 Å². The molecule has 1 aliphatic rings. The summed E-state index contributed by atoms with van der Waals surface area (Å²) in [6.45, 7) is -3.00. The molecule has 25 heavy (non-hydrogen) atoms. The molecule has 0 spiro atoms. The van der Waals surface area contributed by atoms with E-state index in [1.807, 2.05) is 0 Å². The van der Waals surface area contributed by atoms with Crippen molar-refractivity contribution < 1.29 is 14.9 Å². The Bertz CT molecular complexity index is 1030. The van der Waals surface area contributed by atoms with Crippen molar-refractivity contribution in [3.05, 3.63) is 28.3 Å². The molecule has 0 aromatic carbocycles. The summed E-state index contributed by atoms with van der Waals surface area (Å²) < 4.78 is 31.5. The monoisotopic (exact) mass is 345 g/mol. The van der Waals surface area contributed by atoms with Crippen LogP contribution in [0.1, 0.15) is 25.9 Å². The van der Waals surface area contributed by atoms with Crippen molar-refractivity contribution in [3.63, 3.8) is 0 Å². The predicted molar refractivity (Wildman–Crippen MR) is 88.5 cm³/mol. The van der Waals surface area contributed by atoms with Crippen molar-refractivity contribution in [2.24, 2.45) is 7.05 Å². The number of aromatic nitrogens is 5. The smallest absolute Gasteiger partial charge is 0.388 e. The molecule has 0 aliphatic heterocycles. The Labute approximate surface area is 142 Å². The van der Waals surface area contributed by atoms with E-state index in [4.69, 9.17) is 7.85 Å². The molecule has 4 rings (SSSR count). The van der Waals surface area contributed by atoms with Crippen molar-refractivity contribution in [2.75, 3.05) is 0 Å². The summed E-state index contributed by atoms with van der Waals surface area (Å²) in [4.78, 5) is 22.8.